The molecule has 0 atom stereocenters. The highest BCUT2D eigenvalue weighted by Gasteiger charge is 2.11. The van der Waals surface area contributed by atoms with Crippen LogP contribution in [0, 0.1) is 12.8 Å². The number of fused-ring (bicyclic) bond motifs is 1. The van der Waals surface area contributed by atoms with Gasteiger partial charge in [-0.05, 0) is 37.0 Å². The van der Waals surface area contributed by atoms with Crippen LogP contribution < -0.4 is 10.5 Å². The Bertz CT molecular complexity index is 576. The number of aromatic nitrogens is 1. The van der Waals surface area contributed by atoms with Crippen LogP contribution in [0.3, 0.4) is 0 Å². The summed E-state index contributed by atoms with van der Waals surface area (Å²) >= 11 is 0. The van der Waals surface area contributed by atoms with E-state index in [1.807, 2.05) is 25.1 Å². The Hall–Kier alpha value is -1.77. The van der Waals surface area contributed by atoms with Crippen molar-refractivity contribution < 1.29 is 4.74 Å². The molecule has 1 aromatic carbocycles. The van der Waals surface area contributed by atoms with Crippen LogP contribution in [0.5, 0.6) is 5.75 Å². The Kier molecular flexibility index (Phi) is 3.41. The standard InChI is InChI=1S/C15H20N2O/c1-9(2)7-11-8-12(16)14-10(3)5-6-13(18-4)15(14)17-11/h5-6,8-9H,7H2,1-4H3,(H2,16,17). The summed E-state index contributed by atoms with van der Waals surface area (Å²) in [7, 11) is 1.66. The minimum atomic E-state index is 0.560. The van der Waals surface area contributed by atoms with Crippen molar-refractivity contribution in [3.8, 4) is 5.75 Å². The Balaban J connectivity index is 2.69. The molecule has 96 valence electrons. The third-order valence-electron chi connectivity index (χ3n) is 3.05. The Morgan fingerprint density at radius 2 is 2.06 bits per heavy atom. The zero-order chi connectivity index (χ0) is 13.3. The highest BCUT2D eigenvalue weighted by molar-refractivity contribution is 5.96. The molecule has 2 rings (SSSR count). The predicted molar refractivity (Wildman–Crippen MR) is 76.0 cm³/mol. The predicted octanol–water partition coefficient (Wildman–Crippen LogP) is 3.33. The number of rotatable bonds is 3. The first-order valence-electron chi connectivity index (χ1n) is 6.25. The second-order valence-electron chi connectivity index (χ2n) is 5.11. The molecular formula is C15H20N2O. The lowest BCUT2D eigenvalue weighted by Gasteiger charge is -2.12. The first kappa shape index (κ1) is 12.7. The largest absolute Gasteiger partial charge is 0.494 e. The molecule has 3 nitrogen and oxygen atoms in total. The fourth-order valence-electron chi connectivity index (χ4n) is 2.26. The Labute approximate surface area is 108 Å². The van der Waals surface area contributed by atoms with Crippen LogP contribution in [0.25, 0.3) is 10.9 Å². The van der Waals surface area contributed by atoms with Crippen molar-refractivity contribution in [2.45, 2.75) is 27.2 Å². The van der Waals surface area contributed by atoms with Crippen LogP contribution in [-0.4, -0.2) is 12.1 Å². The van der Waals surface area contributed by atoms with Gasteiger partial charge < -0.3 is 10.5 Å². The number of aryl methyl sites for hydroxylation is 1. The molecule has 18 heavy (non-hydrogen) atoms. The second-order valence-corrected chi connectivity index (χ2v) is 5.11. The molecule has 0 fully saturated rings. The van der Waals surface area contributed by atoms with Gasteiger partial charge in [0.05, 0.1) is 7.11 Å². The number of hydrogen-bond acceptors (Lipinski definition) is 3. The van der Waals surface area contributed by atoms with E-state index in [-0.39, 0.29) is 0 Å². The first-order valence-corrected chi connectivity index (χ1v) is 6.25. The average molecular weight is 244 g/mol. The topological polar surface area (TPSA) is 48.1 Å². The second kappa shape index (κ2) is 4.84. The average Bonchev–Trinajstić information content (AvgIpc) is 2.28. The van der Waals surface area contributed by atoms with E-state index in [1.54, 1.807) is 7.11 Å². The van der Waals surface area contributed by atoms with Crippen LogP contribution in [0.4, 0.5) is 5.69 Å². The number of anilines is 1. The van der Waals surface area contributed by atoms with E-state index < -0.39 is 0 Å². The summed E-state index contributed by atoms with van der Waals surface area (Å²) in [5, 5.41) is 1.00. The van der Waals surface area contributed by atoms with E-state index in [0.717, 1.165) is 40.0 Å². The summed E-state index contributed by atoms with van der Waals surface area (Å²) in [6.07, 6.45) is 0.928. The maximum absolute atomic E-state index is 6.16. The van der Waals surface area contributed by atoms with Crippen molar-refractivity contribution in [2.24, 2.45) is 5.92 Å². The van der Waals surface area contributed by atoms with E-state index in [0.29, 0.717) is 5.92 Å². The molecule has 2 aromatic rings. The molecule has 1 aromatic heterocycles. The molecule has 0 unspecified atom stereocenters. The molecule has 0 bridgehead atoms. The third kappa shape index (κ3) is 2.26. The van der Waals surface area contributed by atoms with Crippen LogP contribution in [0.2, 0.25) is 0 Å². The number of ether oxygens (including phenoxy) is 1. The molecule has 0 amide bonds. The normalized spacial score (nSPS) is 11.2. The maximum atomic E-state index is 6.16. The molecule has 0 aliphatic heterocycles. The van der Waals surface area contributed by atoms with Gasteiger partial charge in [-0.2, -0.15) is 0 Å². The summed E-state index contributed by atoms with van der Waals surface area (Å²) in [6.45, 7) is 6.40. The lowest BCUT2D eigenvalue weighted by Crippen LogP contribution is -2.02. The highest BCUT2D eigenvalue weighted by atomic mass is 16.5. The number of nitrogen functional groups attached to an aromatic ring is 1. The van der Waals surface area contributed by atoms with E-state index >= 15 is 0 Å². The molecule has 0 spiro atoms. The number of hydrogen-bond donors (Lipinski definition) is 1. The molecule has 0 aliphatic carbocycles. The van der Waals surface area contributed by atoms with Gasteiger partial charge in [0.25, 0.3) is 0 Å². The number of methoxy groups -OCH3 is 1. The van der Waals surface area contributed by atoms with E-state index in [9.17, 15) is 0 Å². The van der Waals surface area contributed by atoms with E-state index in [1.165, 1.54) is 0 Å². The van der Waals surface area contributed by atoms with Gasteiger partial charge in [0.1, 0.15) is 11.3 Å². The van der Waals surface area contributed by atoms with Gasteiger partial charge in [0.15, 0.2) is 0 Å². The zero-order valence-corrected chi connectivity index (χ0v) is 11.4. The first-order chi connectivity index (χ1) is 8.52. The van der Waals surface area contributed by atoms with Gasteiger partial charge in [-0.3, -0.25) is 0 Å². The fraction of sp³-hybridized carbons (Fsp3) is 0.400. The molecule has 0 radical (unpaired) electrons. The number of nitrogens with two attached hydrogens (primary N) is 1. The zero-order valence-electron chi connectivity index (χ0n) is 11.4. The fourth-order valence-corrected chi connectivity index (χ4v) is 2.26. The maximum Gasteiger partial charge on any atom is 0.145 e. The Morgan fingerprint density at radius 3 is 2.67 bits per heavy atom. The number of benzene rings is 1. The van der Waals surface area contributed by atoms with Gasteiger partial charge in [-0.1, -0.05) is 19.9 Å². The SMILES string of the molecule is COc1ccc(C)c2c(N)cc(CC(C)C)nc12. The summed E-state index contributed by atoms with van der Waals surface area (Å²) in [5.41, 5.74) is 9.97. The lowest BCUT2D eigenvalue weighted by atomic mass is 10.0. The summed E-state index contributed by atoms with van der Waals surface area (Å²) in [5.74, 6) is 1.35. The van der Waals surface area contributed by atoms with Crippen LogP contribution in [0.1, 0.15) is 25.1 Å². The van der Waals surface area contributed by atoms with Gasteiger partial charge in [0, 0.05) is 16.8 Å². The van der Waals surface area contributed by atoms with E-state index in [2.05, 4.69) is 13.8 Å². The van der Waals surface area contributed by atoms with Crippen LogP contribution in [-0.2, 0) is 6.42 Å². The molecular weight excluding hydrogens is 224 g/mol. The lowest BCUT2D eigenvalue weighted by molar-refractivity contribution is 0.418. The minimum Gasteiger partial charge on any atom is -0.494 e. The van der Waals surface area contributed by atoms with Crippen molar-refractivity contribution in [3.05, 3.63) is 29.5 Å². The van der Waals surface area contributed by atoms with Crippen molar-refractivity contribution in [3.63, 3.8) is 0 Å². The highest BCUT2D eigenvalue weighted by Crippen LogP contribution is 2.31. The molecule has 0 saturated heterocycles. The van der Waals surface area contributed by atoms with Crippen molar-refractivity contribution >= 4 is 16.6 Å². The van der Waals surface area contributed by atoms with Crippen molar-refractivity contribution in [1.82, 2.24) is 4.98 Å². The van der Waals surface area contributed by atoms with Gasteiger partial charge in [-0.25, -0.2) is 4.98 Å². The summed E-state index contributed by atoms with van der Waals surface area (Å²) in [6, 6.07) is 5.94. The van der Waals surface area contributed by atoms with Gasteiger partial charge in [0.2, 0.25) is 0 Å². The minimum absolute atomic E-state index is 0.560. The van der Waals surface area contributed by atoms with Crippen molar-refractivity contribution in [2.75, 3.05) is 12.8 Å². The molecule has 3 heteroatoms. The number of nitrogens with zero attached hydrogens (tertiary/aromatic N) is 1. The number of pyridine rings is 1. The monoisotopic (exact) mass is 244 g/mol. The van der Waals surface area contributed by atoms with E-state index in [4.69, 9.17) is 15.5 Å². The van der Waals surface area contributed by atoms with Crippen LogP contribution >= 0.6 is 0 Å². The third-order valence-corrected chi connectivity index (χ3v) is 3.05. The molecule has 1 heterocycles. The molecule has 0 saturated carbocycles. The van der Waals surface area contributed by atoms with Gasteiger partial charge >= 0.3 is 0 Å². The molecule has 0 aliphatic rings. The Morgan fingerprint density at radius 1 is 1.33 bits per heavy atom. The van der Waals surface area contributed by atoms with Gasteiger partial charge in [-0.15, -0.1) is 0 Å². The summed E-state index contributed by atoms with van der Waals surface area (Å²) < 4.78 is 5.38. The van der Waals surface area contributed by atoms with Crippen LogP contribution in [0.15, 0.2) is 18.2 Å². The van der Waals surface area contributed by atoms with Crippen molar-refractivity contribution in [1.29, 1.82) is 0 Å². The molecule has 2 N–H and O–H groups in total. The summed E-state index contributed by atoms with van der Waals surface area (Å²) in [4.78, 5) is 4.70. The smallest absolute Gasteiger partial charge is 0.145 e. The quantitative estimate of drug-likeness (QED) is 0.900.